The quantitative estimate of drug-likeness (QED) is 0.930. The van der Waals surface area contributed by atoms with Crippen LogP contribution in [-0.4, -0.2) is 24.3 Å². The van der Waals surface area contributed by atoms with E-state index in [4.69, 9.17) is 4.74 Å². The highest BCUT2D eigenvalue weighted by molar-refractivity contribution is 9.10. The Hall–Kier alpha value is -0.870. The number of carbonyl (C=O) groups is 1. The highest BCUT2D eigenvalue weighted by Gasteiger charge is 2.39. The van der Waals surface area contributed by atoms with E-state index in [0.717, 1.165) is 10.0 Å². The Bertz CT molecular complexity index is 411. The molecule has 92 valence electrons. The second kappa shape index (κ2) is 4.78. The monoisotopic (exact) mass is 298 g/mol. The summed E-state index contributed by atoms with van der Waals surface area (Å²) in [6.07, 6.45) is 0.629. The van der Waals surface area contributed by atoms with Crippen molar-refractivity contribution >= 4 is 21.9 Å². The molecule has 17 heavy (non-hydrogen) atoms. The number of ether oxygens (including phenoxy) is 1. The number of hydrogen-bond acceptors (Lipinski definition) is 2. The van der Waals surface area contributed by atoms with E-state index in [0.29, 0.717) is 25.6 Å². The zero-order valence-electron chi connectivity index (χ0n) is 9.65. The first-order chi connectivity index (χ1) is 8.02. The molecule has 1 unspecified atom stereocenters. The highest BCUT2D eigenvalue weighted by atomic mass is 79.9. The van der Waals surface area contributed by atoms with Crippen LogP contribution in [0.15, 0.2) is 28.7 Å². The molecular weight excluding hydrogens is 284 g/mol. The van der Waals surface area contributed by atoms with Crippen LogP contribution >= 0.6 is 15.9 Å². The molecule has 0 bridgehead atoms. The zero-order valence-corrected chi connectivity index (χ0v) is 11.2. The summed E-state index contributed by atoms with van der Waals surface area (Å²) in [5.41, 5.74) is 0.0231. The summed E-state index contributed by atoms with van der Waals surface area (Å²) in [6, 6.07) is 7.51. The first kappa shape index (κ1) is 12.6. The maximum Gasteiger partial charge on any atom is 0.313 e. The van der Waals surface area contributed by atoms with Crippen LogP contribution in [0.3, 0.4) is 0 Å². The topological polar surface area (TPSA) is 46.5 Å². The lowest BCUT2D eigenvalue weighted by Crippen LogP contribution is -2.40. The number of benzene rings is 1. The van der Waals surface area contributed by atoms with Gasteiger partial charge in [0.2, 0.25) is 0 Å². The molecule has 1 aromatic carbocycles. The third kappa shape index (κ3) is 2.53. The van der Waals surface area contributed by atoms with E-state index in [2.05, 4.69) is 15.9 Å². The van der Waals surface area contributed by atoms with Crippen molar-refractivity contribution in [2.75, 3.05) is 13.2 Å². The maximum absolute atomic E-state index is 11.5. The van der Waals surface area contributed by atoms with Gasteiger partial charge >= 0.3 is 5.97 Å². The van der Waals surface area contributed by atoms with Crippen molar-refractivity contribution in [2.45, 2.75) is 18.8 Å². The predicted molar refractivity (Wildman–Crippen MR) is 68.1 cm³/mol. The molecule has 2 rings (SSSR count). The molecule has 1 saturated heterocycles. The van der Waals surface area contributed by atoms with Gasteiger partial charge in [-0.1, -0.05) is 28.1 Å². The van der Waals surface area contributed by atoms with Gasteiger partial charge in [0.25, 0.3) is 0 Å². The van der Waals surface area contributed by atoms with E-state index in [1.54, 1.807) is 6.92 Å². The van der Waals surface area contributed by atoms with Crippen LogP contribution in [-0.2, 0) is 14.9 Å². The molecule has 1 aromatic rings. The Morgan fingerprint density at radius 2 is 2.06 bits per heavy atom. The van der Waals surface area contributed by atoms with Crippen LogP contribution in [0.1, 0.15) is 18.9 Å². The Labute approximate surface area is 109 Å². The van der Waals surface area contributed by atoms with Gasteiger partial charge in [-0.05, 0) is 31.0 Å². The summed E-state index contributed by atoms with van der Waals surface area (Å²) in [5, 5.41) is 9.47. The normalized spacial score (nSPS) is 19.4. The SMILES string of the molecule is CC(CC1COC1)(C(=O)O)c1ccc(Br)cc1. The lowest BCUT2D eigenvalue weighted by atomic mass is 9.75. The first-order valence-corrected chi connectivity index (χ1v) is 6.39. The summed E-state index contributed by atoms with van der Waals surface area (Å²) < 4.78 is 6.07. The van der Waals surface area contributed by atoms with Crippen molar-refractivity contribution < 1.29 is 14.6 Å². The maximum atomic E-state index is 11.5. The largest absolute Gasteiger partial charge is 0.481 e. The molecule has 0 amide bonds. The summed E-state index contributed by atoms with van der Waals surface area (Å²) in [5.74, 6) is -0.411. The standard InChI is InChI=1S/C13H15BrO3/c1-13(12(15)16,6-9-7-17-8-9)10-2-4-11(14)5-3-10/h2-5,9H,6-8H2,1H3,(H,15,16). The third-order valence-electron chi connectivity index (χ3n) is 3.36. The Morgan fingerprint density at radius 3 is 2.47 bits per heavy atom. The minimum Gasteiger partial charge on any atom is -0.481 e. The lowest BCUT2D eigenvalue weighted by molar-refractivity contribution is -0.145. The van der Waals surface area contributed by atoms with Crippen molar-refractivity contribution in [1.29, 1.82) is 0 Å². The zero-order chi connectivity index (χ0) is 12.5. The molecule has 1 aliphatic rings. The average molecular weight is 299 g/mol. The lowest BCUT2D eigenvalue weighted by Gasteiger charge is -2.34. The van der Waals surface area contributed by atoms with Crippen LogP contribution in [0.2, 0.25) is 0 Å². The second-order valence-corrected chi connectivity index (χ2v) is 5.67. The van der Waals surface area contributed by atoms with Gasteiger partial charge in [0, 0.05) is 10.4 Å². The van der Waals surface area contributed by atoms with E-state index in [9.17, 15) is 9.90 Å². The number of carboxylic acid groups (broad SMARTS) is 1. The first-order valence-electron chi connectivity index (χ1n) is 5.59. The van der Waals surface area contributed by atoms with Gasteiger partial charge in [-0.2, -0.15) is 0 Å². The van der Waals surface area contributed by atoms with Crippen molar-refractivity contribution in [3.05, 3.63) is 34.3 Å². The van der Waals surface area contributed by atoms with Gasteiger partial charge < -0.3 is 9.84 Å². The molecule has 1 heterocycles. The highest BCUT2D eigenvalue weighted by Crippen LogP contribution is 2.34. The molecule has 0 radical (unpaired) electrons. The third-order valence-corrected chi connectivity index (χ3v) is 3.89. The van der Waals surface area contributed by atoms with Gasteiger partial charge in [0.05, 0.1) is 18.6 Å². The van der Waals surface area contributed by atoms with Gasteiger partial charge in [-0.15, -0.1) is 0 Å². The number of carboxylic acids is 1. The smallest absolute Gasteiger partial charge is 0.313 e. The molecule has 4 heteroatoms. The van der Waals surface area contributed by atoms with Crippen LogP contribution in [0.25, 0.3) is 0 Å². The van der Waals surface area contributed by atoms with E-state index in [1.807, 2.05) is 24.3 Å². The van der Waals surface area contributed by atoms with Gasteiger partial charge in [0.15, 0.2) is 0 Å². The van der Waals surface area contributed by atoms with Gasteiger partial charge in [0.1, 0.15) is 0 Å². The van der Waals surface area contributed by atoms with Crippen molar-refractivity contribution in [3.8, 4) is 0 Å². The Kier molecular flexibility index (Phi) is 3.54. The minimum atomic E-state index is -0.824. The molecule has 0 aliphatic carbocycles. The van der Waals surface area contributed by atoms with Crippen LogP contribution < -0.4 is 0 Å². The average Bonchev–Trinajstić information content (AvgIpc) is 2.24. The Morgan fingerprint density at radius 1 is 1.47 bits per heavy atom. The summed E-state index contributed by atoms with van der Waals surface area (Å²) in [6.45, 7) is 3.15. The van der Waals surface area contributed by atoms with Crippen LogP contribution in [0.4, 0.5) is 0 Å². The van der Waals surface area contributed by atoms with Crippen LogP contribution in [0.5, 0.6) is 0 Å². The van der Waals surface area contributed by atoms with E-state index >= 15 is 0 Å². The fraction of sp³-hybridized carbons (Fsp3) is 0.462. The molecule has 1 aliphatic heterocycles. The number of hydrogen-bond donors (Lipinski definition) is 1. The molecule has 0 aromatic heterocycles. The predicted octanol–water partition coefficient (Wildman–Crippen LogP) is 2.83. The fourth-order valence-electron chi connectivity index (χ4n) is 2.13. The van der Waals surface area contributed by atoms with Crippen molar-refractivity contribution in [2.24, 2.45) is 5.92 Å². The second-order valence-electron chi connectivity index (χ2n) is 4.75. The van der Waals surface area contributed by atoms with Crippen molar-refractivity contribution in [3.63, 3.8) is 0 Å². The molecule has 1 atom stereocenters. The van der Waals surface area contributed by atoms with E-state index < -0.39 is 11.4 Å². The molecule has 3 nitrogen and oxygen atoms in total. The van der Waals surface area contributed by atoms with Gasteiger partial charge in [-0.3, -0.25) is 4.79 Å². The summed E-state index contributed by atoms with van der Waals surface area (Å²) in [4.78, 5) is 11.5. The molecule has 1 N–H and O–H groups in total. The summed E-state index contributed by atoms with van der Waals surface area (Å²) >= 11 is 3.36. The van der Waals surface area contributed by atoms with Gasteiger partial charge in [-0.25, -0.2) is 0 Å². The molecule has 1 fully saturated rings. The van der Waals surface area contributed by atoms with Crippen LogP contribution in [0, 0.1) is 5.92 Å². The fourth-order valence-corrected chi connectivity index (χ4v) is 2.39. The molecular formula is C13H15BrO3. The Balaban J connectivity index is 2.25. The number of rotatable bonds is 4. The van der Waals surface area contributed by atoms with Crippen molar-refractivity contribution in [1.82, 2.24) is 0 Å². The van der Waals surface area contributed by atoms with E-state index in [1.165, 1.54) is 0 Å². The summed E-state index contributed by atoms with van der Waals surface area (Å²) in [7, 11) is 0. The number of halogens is 1. The number of aliphatic carboxylic acids is 1. The molecule has 0 spiro atoms. The molecule has 0 saturated carbocycles. The minimum absolute atomic E-state index is 0.361. The van der Waals surface area contributed by atoms with E-state index in [-0.39, 0.29) is 0 Å².